The Bertz CT molecular complexity index is 979. The molecular formula is C16H9Cl2N5O. The third-order valence-corrected chi connectivity index (χ3v) is 3.97. The van der Waals surface area contributed by atoms with Crippen LogP contribution in [0.15, 0.2) is 53.8 Å². The number of carbonyl (C=O) groups excluding carboxylic acids is 1. The van der Waals surface area contributed by atoms with Gasteiger partial charge in [-0.2, -0.15) is 0 Å². The second-order valence-corrected chi connectivity index (χ2v) is 5.59. The van der Waals surface area contributed by atoms with E-state index >= 15 is 0 Å². The number of halogens is 2. The number of anilines is 1. The average molecular weight is 358 g/mol. The van der Waals surface area contributed by atoms with Crippen molar-refractivity contribution in [2.24, 2.45) is 5.11 Å². The fourth-order valence-electron chi connectivity index (χ4n) is 2.30. The number of carbonyl (C=O) groups is 1. The number of rotatable bonds is 3. The van der Waals surface area contributed by atoms with Gasteiger partial charge in [0.1, 0.15) is 0 Å². The first-order chi connectivity index (χ1) is 11.6. The lowest BCUT2D eigenvalue weighted by molar-refractivity contribution is 0.102. The maximum atomic E-state index is 12.5. The molecule has 1 N–H and O–H groups in total. The summed E-state index contributed by atoms with van der Waals surface area (Å²) in [6.07, 6.45) is 1.50. The van der Waals surface area contributed by atoms with Crippen LogP contribution in [0.25, 0.3) is 21.3 Å². The van der Waals surface area contributed by atoms with E-state index in [-0.39, 0.29) is 15.6 Å². The van der Waals surface area contributed by atoms with E-state index in [1.165, 1.54) is 6.20 Å². The lowest BCUT2D eigenvalue weighted by Gasteiger charge is -2.11. The number of hydrogen-bond donors (Lipinski definition) is 1. The molecule has 24 heavy (non-hydrogen) atoms. The van der Waals surface area contributed by atoms with Crippen LogP contribution >= 0.6 is 23.2 Å². The second kappa shape index (κ2) is 6.76. The Morgan fingerprint density at radius 1 is 1.12 bits per heavy atom. The Kier molecular flexibility index (Phi) is 4.53. The van der Waals surface area contributed by atoms with E-state index in [0.29, 0.717) is 22.3 Å². The number of nitrogens with zero attached hydrogens (tertiary/aromatic N) is 4. The SMILES string of the molecule is [N-]=[N+]=Nc1ccnc2c(NC(=O)c3c(Cl)cccc3Cl)cccc12. The largest absolute Gasteiger partial charge is 0.320 e. The maximum Gasteiger partial charge on any atom is 0.258 e. The van der Waals surface area contributed by atoms with Crippen LogP contribution in [0.2, 0.25) is 10.0 Å². The summed E-state index contributed by atoms with van der Waals surface area (Å²) in [4.78, 5) is 19.6. The molecule has 0 atom stereocenters. The summed E-state index contributed by atoms with van der Waals surface area (Å²) in [6, 6.07) is 11.6. The number of fused-ring (bicyclic) bond motifs is 1. The minimum atomic E-state index is -0.450. The third-order valence-electron chi connectivity index (χ3n) is 3.34. The van der Waals surface area contributed by atoms with E-state index in [4.69, 9.17) is 28.7 Å². The van der Waals surface area contributed by atoms with Gasteiger partial charge in [0.05, 0.1) is 26.8 Å². The molecule has 3 aromatic rings. The highest BCUT2D eigenvalue weighted by atomic mass is 35.5. The van der Waals surface area contributed by atoms with Gasteiger partial charge < -0.3 is 5.32 Å². The van der Waals surface area contributed by atoms with Crippen molar-refractivity contribution < 1.29 is 4.79 Å². The summed E-state index contributed by atoms with van der Waals surface area (Å²) in [5.41, 5.74) is 10.2. The second-order valence-electron chi connectivity index (χ2n) is 4.77. The molecule has 1 aromatic heterocycles. The highest BCUT2D eigenvalue weighted by molar-refractivity contribution is 6.40. The molecule has 3 rings (SSSR count). The Balaban J connectivity index is 2.06. The molecule has 0 fully saturated rings. The van der Waals surface area contributed by atoms with Crippen molar-refractivity contribution in [3.05, 3.63) is 74.7 Å². The molecule has 0 aliphatic carbocycles. The third kappa shape index (κ3) is 2.98. The van der Waals surface area contributed by atoms with Gasteiger partial charge >= 0.3 is 0 Å². The fourth-order valence-corrected chi connectivity index (χ4v) is 2.87. The van der Waals surface area contributed by atoms with Crippen molar-refractivity contribution in [1.29, 1.82) is 0 Å². The zero-order valence-electron chi connectivity index (χ0n) is 12.1. The molecule has 0 spiro atoms. The van der Waals surface area contributed by atoms with E-state index in [1.54, 1.807) is 42.5 Å². The lowest BCUT2D eigenvalue weighted by atomic mass is 10.1. The first-order valence-electron chi connectivity index (χ1n) is 6.80. The first kappa shape index (κ1) is 16.1. The zero-order valence-corrected chi connectivity index (χ0v) is 13.6. The van der Waals surface area contributed by atoms with Gasteiger partial charge in [0, 0.05) is 22.2 Å². The van der Waals surface area contributed by atoms with E-state index < -0.39 is 5.91 Å². The van der Waals surface area contributed by atoms with E-state index in [0.717, 1.165) is 0 Å². The number of benzene rings is 2. The molecule has 0 radical (unpaired) electrons. The Labute approximate surface area is 146 Å². The van der Waals surface area contributed by atoms with Crippen LogP contribution in [-0.2, 0) is 0 Å². The predicted octanol–water partition coefficient (Wildman–Crippen LogP) is 5.74. The highest BCUT2D eigenvalue weighted by Gasteiger charge is 2.16. The van der Waals surface area contributed by atoms with Gasteiger partial charge in [-0.25, -0.2) is 0 Å². The van der Waals surface area contributed by atoms with Gasteiger partial charge in [-0.3, -0.25) is 9.78 Å². The summed E-state index contributed by atoms with van der Waals surface area (Å²) in [5, 5.41) is 7.50. The van der Waals surface area contributed by atoms with E-state index in [2.05, 4.69) is 20.3 Å². The maximum absolute atomic E-state index is 12.5. The molecule has 1 amide bonds. The molecule has 8 heteroatoms. The quantitative estimate of drug-likeness (QED) is 0.368. The lowest BCUT2D eigenvalue weighted by Crippen LogP contribution is -2.13. The molecule has 0 unspecified atom stereocenters. The van der Waals surface area contributed by atoms with Crippen molar-refractivity contribution >= 4 is 51.4 Å². The van der Waals surface area contributed by atoms with Crippen molar-refractivity contribution in [2.75, 3.05) is 5.32 Å². The molecule has 0 aliphatic heterocycles. The molecule has 118 valence electrons. The normalized spacial score (nSPS) is 10.2. The molecule has 6 nitrogen and oxygen atoms in total. The van der Waals surface area contributed by atoms with Crippen molar-refractivity contribution in [2.45, 2.75) is 0 Å². The van der Waals surface area contributed by atoms with Crippen LogP contribution in [0.5, 0.6) is 0 Å². The first-order valence-corrected chi connectivity index (χ1v) is 7.55. The van der Waals surface area contributed by atoms with Crippen LogP contribution in [0.1, 0.15) is 10.4 Å². The minimum absolute atomic E-state index is 0.184. The Hall–Kier alpha value is -2.79. The van der Waals surface area contributed by atoms with Crippen molar-refractivity contribution in [1.82, 2.24) is 4.98 Å². The smallest absolute Gasteiger partial charge is 0.258 e. The molecule has 2 aromatic carbocycles. The number of amides is 1. The molecule has 0 saturated carbocycles. The molecule has 0 saturated heterocycles. The van der Waals surface area contributed by atoms with Gasteiger partial charge in [0.2, 0.25) is 0 Å². The number of para-hydroxylation sites is 1. The molecule has 1 heterocycles. The predicted molar refractivity (Wildman–Crippen MR) is 95.0 cm³/mol. The van der Waals surface area contributed by atoms with Crippen LogP contribution in [0, 0.1) is 0 Å². The van der Waals surface area contributed by atoms with Gasteiger partial charge in [0.25, 0.3) is 5.91 Å². The van der Waals surface area contributed by atoms with Crippen LogP contribution in [-0.4, -0.2) is 10.9 Å². The van der Waals surface area contributed by atoms with Crippen molar-refractivity contribution in [3.8, 4) is 0 Å². The Morgan fingerprint density at radius 2 is 1.83 bits per heavy atom. The summed E-state index contributed by atoms with van der Waals surface area (Å²) < 4.78 is 0. The summed E-state index contributed by atoms with van der Waals surface area (Å²) in [5.74, 6) is -0.450. The average Bonchev–Trinajstić information content (AvgIpc) is 2.56. The van der Waals surface area contributed by atoms with Gasteiger partial charge in [-0.1, -0.05) is 46.5 Å². The minimum Gasteiger partial charge on any atom is -0.320 e. The van der Waals surface area contributed by atoms with Gasteiger partial charge in [-0.05, 0) is 29.8 Å². The van der Waals surface area contributed by atoms with Crippen molar-refractivity contribution in [3.63, 3.8) is 0 Å². The summed E-state index contributed by atoms with van der Waals surface area (Å²) in [7, 11) is 0. The van der Waals surface area contributed by atoms with Gasteiger partial charge in [-0.15, -0.1) is 0 Å². The number of aromatic nitrogens is 1. The van der Waals surface area contributed by atoms with E-state index in [1.807, 2.05) is 0 Å². The summed E-state index contributed by atoms with van der Waals surface area (Å²) >= 11 is 12.1. The van der Waals surface area contributed by atoms with Crippen LogP contribution < -0.4 is 5.32 Å². The zero-order chi connectivity index (χ0) is 17.1. The fraction of sp³-hybridized carbons (Fsp3) is 0. The topological polar surface area (TPSA) is 90.8 Å². The highest BCUT2D eigenvalue weighted by Crippen LogP contribution is 2.31. The number of nitrogens with one attached hydrogen (secondary N) is 1. The molecule has 0 aliphatic rings. The monoisotopic (exact) mass is 357 g/mol. The van der Waals surface area contributed by atoms with Crippen LogP contribution in [0.4, 0.5) is 11.4 Å². The summed E-state index contributed by atoms with van der Waals surface area (Å²) in [6.45, 7) is 0. The number of pyridine rings is 1. The number of azide groups is 1. The molecular weight excluding hydrogens is 349 g/mol. The van der Waals surface area contributed by atoms with E-state index in [9.17, 15) is 4.79 Å². The number of hydrogen-bond acceptors (Lipinski definition) is 3. The van der Waals surface area contributed by atoms with Crippen LogP contribution in [0.3, 0.4) is 0 Å². The Morgan fingerprint density at radius 3 is 2.54 bits per heavy atom. The molecule has 0 bridgehead atoms. The van der Waals surface area contributed by atoms with Gasteiger partial charge in [0.15, 0.2) is 0 Å². The standard InChI is InChI=1S/C16H9Cl2N5O/c17-10-4-2-5-11(18)14(10)16(24)21-13-6-1-3-9-12(22-23-19)7-8-20-15(9)13/h1-8H,(H,21,24).